The molecule has 0 aromatic carbocycles. The molecule has 0 spiro atoms. The van der Waals surface area contributed by atoms with E-state index in [1.54, 1.807) is 0 Å². The smallest absolute Gasteiger partial charge is 0.0119 e. The van der Waals surface area contributed by atoms with Gasteiger partial charge in [0.15, 0.2) is 0 Å². The van der Waals surface area contributed by atoms with Gasteiger partial charge in [0, 0.05) is 6.04 Å². The average molecular weight is 240 g/mol. The molecule has 1 saturated heterocycles. The molecular formula is C15H32N2. The molecule has 0 radical (unpaired) electrons. The van der Waals surface area contributed by atoms with Crippen molar-refractivity contribution in [1.82, 2.24) is 4.90 Å². The summed E-state index contributed by atoms with van der Waals surface area (Å²) in [4.78, 5) is 2.71. The van der Waals surface area contributed by atoms with Gasteiger partial charge in [0.05, 0.1) is 0 Å². The zero-order valence-electron chi connectivity index (χ0n) is 12.3. The molecule has 2 heteroatoms. The van der Waals surface area contributed by atoms with Crippen molar-refractivity contribution in [2.75, 3.05) is 19.6 Å². The van der Waals surface area contributed by atoms with Crippen LogP contribution in [0.5, 0.6) is 0 Å². The summed E-state index contributed by atoms with van der Waals surface area (Å²) in [5, 5.41) is 0. The zero-order chi connectivity index (χ0) is 12.9. The molecule has 0 aliphatic carbocycles. The highest BCUT2D eigenvalue weighted by Crippen LogP contribution is 2.28. The molecule has 0 bridgehead atoms. The van der Waals surface area contributed by atoms with Crippen LogP contribution in [0.1, 0.15) is 59.8 Å². The minimum Gasteiger partial charge on any atom is -0.330 e. The largest absolute Gasteiger partial charge is 0.330 e. The molecule has 0 aromatic rings. The van der Waals surface area contributed by atoms with Gasteiger partial charge in [-0.15, -0.1) is 0 Å². The molecule has 2 N–H and O–H groups in total. The lowest BCUT2D eigenvalue weighted by Crippen LogP contribution is -2.34. The van der Waals surface area contributed by atoms with E-state index in [0.717, 1.165) is 24.9 Å². The van der Waals surface area contributed by atoms with Gasteiger partial charge in [0.1, 0.15) is 0 Å². The van der Waals surface area contributed by atoms with Crippen LogP contribution < -0.4 is 5.73 Å². The molecule has 1 heterocycles. The van der Waals surface area contributed by atoms with Gasteiger partial charge in [-0.25, -0.2) is 0 Å². The summed E-state index contributed by atoms with van der Waals surface area (Å²) in [5.41, 5.74) is 6.09. The van der Waals surface area contributed by atoms with E-state index in [4.69, 9.17) is 5.73 Å². The summed E-state index contributed by atoms with van der Waals surface area (Å²) in [6, 6.07) is 0.840. The van der Waals surface area contributed by atoms with E-state index in [9.17, 15) is 0 Å². The first-order chi connectivity index (χ1) is 7.96. The molecule has 102 valence electrons. The van der Waals surface area contributed by atoms with Crippen LogP contribution in [0, 0.1) is 11.3 Å². The van der Waals surface area contributed by atoms with Crippen molar-refractivity contribution >= 4 is 0 Å². The summed E-state index contributed by atoms with van der Waals surface area (Å²) in [6.07, 6.45) is 6.60. The predicted molar refractivity (Wildman–Crippen MR) is 76.1 cm³/mol. The van der Waals surface area contributed by atoms with Gasteiger partial charge in [0.2, 0.25) is 0 Å². The Morgan fingerprint density at radius 1 is 1.29 bits per heavy atom. The SMILES string of the molecule is CC(C)C1CCCN1CCCC(C)(C)CCN. The minimum absolute atomic E-state index is 0.432. The maximum Gasteiger partial charge on any atom is 0.0119 e. The van der Waals surface area contributed by atoms with Crippen molar-refractivity contribution in [1.29, 1.82) is 0 Å². The molecule has 17 heavy (non-hydrogen) atoms. The predicted octanol–water partition coefficient (Wildman–Crippen LogP) is 3.26. The second kappa shape index (κ2) is 6.75. The van der Waals surface area contributed by atoms with E-state index in [1.807, 2.05) is 0 Å². The summed E-state index contributed by atoms with van der Waals surface area (Å²) >= 11 is 0. The van der Waals surface area contributed by atoms with Gasteiger partial charge in [-0.3, -0.25) is 0 Å². The van der Waals surface area contributed by atoms with Crippen LogP contribution in [0.25, 0.3) is 0 Å². The Labute approximate surface area is 108 Å². The maximum absolute atomic E-state index is 5.66. The normalized spacial score (nSPS) is 22.6. The lowest BCUT2D eigenvalue weighted by Gasteiger charge is -2.29. The summed E-state index contributed by atoms with van der Waals surface area (Å²) in [6.45, 7) is 12.9. The zero-order valence-corrected chi connectivity index (χ0v) is 12.3. The topological polar surface area (TPSA) is 29.3 Å². The van der Waals surface area contributed by atoms with E-state index in [1.165, 1.54) is 38.8 Å². The lowest BCUT2D eigenvalue weighted by atomic mass is 9.84. The van der Waals surface area contributed by atoms with Crippen LogP contribution in [-0.2, 0) is 0 Å². The van der Waals surface area contributed by atoms with Crippen molar-refractivity contribution in [2.45, 2.75) is 65.8 Å². The lowest BCUT2D eigenvalue weighted by molar-refractivity contribution is 0.189. The number of hydrogen-bond acceptors (Lipinski definition) is 2. The molecule has 1 aliphatic heterocycles. The highest BCUT2D eigenvalue weighted by molar-refractivity contribution is 4.82. The quantitative estimate of drug-likeness (QED) is 0.740. The van der Waals surface area contributed by atoms with Crippen molar-refractivity contribution in [3.63, 3.8) is 0 Å². The standard InChI is InChI=1S/C15H32N2/c1-13(2)14-7-5-11-17(14)12-6-8-15(3,4)9-10-16/h13-14H,5-12,16H2,1-4H3. The molecule has 1 rings (SSSR count). The van der Waals surface area contributed by atoms with Crippen molar-refractivity contribution in [3.8, 4) is 0 Å². The Bertz CT molecular complexity index is 211. The van der Waals surface area contributed by atoms with E-state index in [-0.39, 0.29) is 0 Å². The highest BCUT2D eigenvalue weighted by Gasteiger charge is 2.27. The van der Waals surface area contributed by atoms with Gasteiger partial charge in [-0.05, 0) is 63.1 Å². The monoisotopic (exact) mass is 240 g/mol. The Morgan fingerprint density at radius 3 is 2.59 bits per heavy atom. The van der Waals surface area contributed by atoms with E-state index < -0.39 is 0 Å². The molecule has 0 amide bonds. The Balaban J connectivity index is 2.26. The third-order valence-corrected chi connectivity index (χ3v) is 4.30. The molecule has 0 saturated carbocycles. The van der Waals surface area contributed by atoms with Crippen LogP contribution in [0.15, 0.2) is 0 Å². The number of nitrogens with two attached hydrogens (primary N) is 1. The van der Waals surface area contributed by atoms with Crippen LogP contribution in [-0.4, -0.2) is 30.6 Å². The van der Waals surface area contributed by atoms with Gasteiger partial charge < -0.3 is 10.6 Å². The first kappa shape index (κ1) is 15.0. The maximum atomic E-state index is 5.66. The fraction of sp³-hybridized carbons (Fsp3) is 1.00. The van der Waals surface area contributed by atoms with E-state index >= 15 is 0 Å². The Kier molecular flexibility index (Phi) is 5.94. The number of likely N-dealkylation sites (tertiary alicyclic amines) is 1. The van der Waals surface area contributed by atoms with Crippen molar-refractivity contribution in [2.24, 2.45) is 17.1 Å². The van der Waals surface area contributed by atoms with Gasteiger partial charge in [0.25, 0.3) is 0 Å². The first-order valence-corrected chi connectivity index (χ1v) is 7.40. The molecular weight excluding hydrogens is 208 g/mol. The summed E-state index contributed by atoms with van der Waals surface area (Å²) in [5.74, 6) is 0.814. The molecule has 2 nitrogen and oxygen atoms in total. The number of nitrogens with zero attached hydrogens (tertiary/aromatic N) is 1. The van der Waals surface area contributed by atoms with Gasteiger partial charge in [-0.1, -0.05) is 27.7 Å². The summed E-state index contributed by atoms with van der Waals surface area (Å²) < 4.78 is 0. The van der Waals surface area contributed by atoms with Crippen LogP contribution in [0.4, 0.5) is 0 Å². The highest BCUT2D eigenvalue weighted by atomic mass is 15.2. The molecule has 1 fully saturated rings. The first-order valence-electron chi connectivity index (χ1n) is 7.40. The molecule has 0 aromatic heterocycles. The van der Waals surface area contributed by atoms with E-state index in [2.05, 4.69) is 32.6 Å². The van der Waals surface area contributed by atoms with Crippen LogP contribution in [0.2, 0.25) is 0 Å². The molecule has 1 unspecified atom stereocenters. The number of rotatable bonds is 7. The Morgan fingerprint density at radius 2 is 2.00 bits per heavy atom. The Hall–Kier alpha value is -0.0800. The van der Waals surface area contributed by atoms with Crippen LogP contribution >= 0.6 is 0 Å². The summed E-state index contributed by atoms with van der Waals surface area (Å²) in [7, 11) is 0. The molecule has 1 aliphatic rings. The van der Waals surface area contributed by atoms with Crippen molar-refractivity contribution in [3.05, 3.63) is 0 Å². The third-order valence-electron chi connectivity index (χ3n) is 4.30. The number of hydrogen-bond donors (Lipinski definition) is 1. The van der Waals surface area contributed by atoms with Crippen molar-refractivity contribution < 1.29 is 0 Å². The van der Waals surface area contributed by atoms with Crippen LogP contribution in [0.3, 0.4) is 0 Å². The average Bonchev–Trinajstić information content (AvgIpc) is 2.65. The van der Waals surface area contributed by atoms with E-state index in [0.29, 0.717) is 5.41 Å². The third kappa shape index (κ3) is 4.97. The second-order valence-electron chi connectivity index (χ2n) is 6.80. The van der Waals surface area contributed by atoms with Gasteiger partial charge in [-0.2, -0.15) is 0 Å². The minimum atomic E-state index is 0.432. The fourth-order valence-corrected chi connectivity index (χ4v) is 3.16. The fourth-order valence-electron chi connectivity index (χ4n) is 3.16. The molecule has 1 atom stereocenters. The second-order valence-corrected chi connectivity index (χ2v) is 6.80. The van der Waals surface area contributed by atoms with Gasteiger partial charge >= 0.3 is 0 Å².